The minimum absolute atomic E-state index is 0.00279. The van der Waals surface area contributed by atoms with Gasteiger partial charge in [-0.25, -0.2) is 13.1 Å². The zero-order valence-corrected chi connectivity index (χ0v) is 12.2. The number of morpholine rings is 1. The number of benzene rings is 1. The molecule has 0 radical (unpaired) electrons. The molecule has 19 heavy (non-hydrogen) atoms. The Bertz CT molecular complexity index is 542. The fourth-order valence-corrected chi connectivity index (χ4v) is 3.49. The van der Waals surface area contributed by atoms with Crippen molar-refractivity contribution in [2.24, 2.45) is 0 Å². The molecule has 2 rings (SSSR count). The number of hydrogen-bond acceptors (Lipinski definition) is 4. The summed E-state index contributed by atoms with van der Waals surface area (Å²) < 4.78 is 32.3. The molecule has 5 nitrogen and oxygen atoms in total. The highest BCUT2D eigenvalue weighted by molar-refractivity contribution is 7.89. The summed E-state index contributed by atoms with van der Waals surface area (Å²) in [5, 5.41) is 3.60. The fraction of sp³-hybridized carbons (Fsp3) is 0.500. The van der Waals surface area contributed by atoms with E-state index in [1.165, 1.54) is 6.07 Å². The summed E-state index contributed by atoms with van der Waals surface area (Å²) in [6, 6.07) is 4.83. The summed E-state index contributed by atoms with van der Waals surface area (Å²) in [5.74, 6) is 0. The molecule has 1 aromatic carbocycles. The third kappa shape index (κ3) is 3.90. The molecule has 1 saturated heterocycles. The van der Waals surface area contributed by atoms with Gasteiger partial charge in [-0.15, -0.1) is 0 Å². The van der Waals surface area contributed by atoms with Crippen molar-refractivity contribution >= 4 is 21.6 Å². The van der Waals surface area contributed by atoms with E-state index in [2.05, 4.69) is 10.0 Å². The van der Waals surface area contributed by atoms with Gasteiger partial charge in [0.2, 0.25) is 10.0 Å². The van der Waals surface area contributed by atoms with E-state index in [1.54, 1.807) is 19.1 Å². The molecule has 1 aliphatic rings. The van der Waals surface area contributed by atoms with Crippen LogP contribution in [0, 0.1) is 6.92 Å². The highest BCUT2D eigenvalue weighted by Crippen LogP contribution is 2.19. The second-order valence-electron chi connectivity index (χ2n) is 4.49. The van der Waals surface area contributed by atoms with Crippen LogP contribution >= 0.6 is 11.6 Å². The summed E-state index contributed by atoms with van der Waals surface area (Å²) >= 11 is 5.85. The van der Waals surface area contributed by atoms with Crippen molar-refractivity contribution in [3.05, 3.63) is 28.8 Å². The van der Waals surface area contributed by atoms with Crippen molar-refractivity contribution in [1.82, 2.24) is 10.0 Å². The second kappa shape index (κ2) is 6.19. The standard InChI is InChI=1S/C12H17ClN2O3S/c1-9-2-3-10(13)6-12(9)19(16,17)15-7-11-8-18-5-4-14-11/h2-3,6,11,14-15H,4-5,7-8H2,1H3. The highest BCUT2D eigenvalue weighted by Gasteiger charge is 2.20. The first kappa shape index (κ1) is 14.7. The summed E-state index contributed by atoms with van der Waals surface area (Å²) in [4.78, 5) is 0.219. The van der Waals surface area contributed by atoms with Crippen LogP contribution in [0.4, 0.5) is 0 Å². The van der Waals surface area contributed by atoms with Gasteiger partial charge in [0.1, 0.15) is 0 Å². The largest absolute Gasteiger partial charge is 0.378 e. The minimum Gasteiger partial charge on any atom is -0.378 e. The van der Waals surface area contributed by atoms with E-state index in [0.29, 0.717) is 30.3 Å². The van der Waals surface area contributed by atoms with Gasteiger partial charge in [0.05, 0.1) is 18.1 Å². The molecule has 1 unspecified atom stereocenters. The number of sulfonamides is 1. The third-order valence-corrected chi connectivity index (χ3v) is 4.76. The lowest BCUT2D eigenvalue weighted by atomic mass is 10.2. The molecule has 106 valence electrons. The lowest BCUT2D eigenvalue weighted by Gasteiger charge is -2.24. The third-order valence-electron chi connectivity index (χ3n) is 2.96. The number of nitrogens with one attached hydrogen (secondary N) is 2. The molecular weight excluding hydrogens is 288 g/mol. The molecule has 2 N–H and O–H groups in total. The molecule has 0 aliphatic carbocycles. The van der Waals surface area contributed by atoms with Gasteiger partial charge < -0.3 is 10.1 Å². The van der Waals surface area contributed by atoms with Crippen molar-refractivity contribution in [1.29, 1.82) is 0 Å². The van der Waals surface area contributed by atoms with Gasteiger partial charge in [-0.1, -0.05) is 17.7 Å². The Morgan fingerprint density at radius 1 is 1.53 bits per heavy atom. The van der Waals surface area contributed by atoms with Crippen LogP contribution in [0.3, 0.4) is 0 Å². The molecule has 0 saturated carbocycles. The Balaban J connectivity index is 2.07. The summed E-state index contributed by atoms with van der Waals surface area (Å²) in [6.07, 6.45) is 0. The first-order chi connectivity index (χ1) is 8.99. The van der Waals surface area contributed by atoms with Crippen LogP contribution < -0.4 is 10.0 Å². The first-order valence-corrected chi connectivity index (χ1v) is 7.92. The van der Waals surface area contributed by atoms with Gasteiger partial charge >= 0.3 is 0 Å². The molecule has 0 bridgehead atoms. The van der Waals surface area contributed by atoms with Gasteiger partial charge in [-0.2, -0.15) is 0 Å². The Morgan fingerprint density at radius 2 is 2.32 bits per heavy atom. The molecule has 0 aromatic heterocycles. The quantitative estimate of drug-likeness (QED) is 0.868. The van der Waals surface area contributed by atoms with Gasteiger partial charge in [0.15, 0.2) is 0 Å². The van der Waals surface area contributed by atoms with Gasteiger partial charge in [-0.05, 0) is 24.6 Å². The minimum atomic E-state index is -3.54. The molecule has 0 spiro atoms. The predicted octanol–water partition coefficient (Wildman–Crippen LogP) is 0.915. The van der Waals surface area contributed by atoms with Crippen molar-refractivity contribution < 1.29 is 13.2 Å². The van der Waals surface area contributed by atoms with Crippen LogP contribution in [0.25, 0.3) is 0 Å². The van der Waals surface area contributed by atoms with Crippen molar-refractivity contribution in [2.75, 3.05) is 26.3 Å². The zero-order valence-electron chi connectivity index (χ0n) is 10.6. The second-order valence-corrected chi connectivity index (χ2v) is 6.66. The van der Waals surface area contributed by atoms with Crippen molar-refractivity contribution in [2.45, 2.75) is 17.9 Å². The summed E-state index contributed by atoms with van der Waals surface area (Å²) in [7, 11) is -3.54. The van der Waals surface area contributed by atoms with Gasteiger partial charge in [0.25, 0.3) is 0 Å². The fourth-order valence-electron chi connectivity index (χ4n) is 1.90. The average Bonchev–Trinajstić information content (AvgIpc) is 2.40. The Morgan fingerprint density at radius 3 is 3.00 bits per heavy atom. The number of halogens is 1. The summed E-state index contributed by atoms with van der Waals surface area (Å²) in [6.45, 7) is 3.96. The van der Waals surface area contributed by atoms with Crippen molar-refractivity contribution in [3.8, 4) is 0 Å². The number of ether oxygens (including phenoxy) is 1. The lowest BCUT2D eigenvalue weighted by Crippen LogP contribution is -2.48. The topological polar surface area (TPSA) is 67.4 Å². The van der Waals surface area contributed by atoms with Crippen LogP contribution in [-0.4, -0.2) is 40.8 Å². The maximum absolute atomic E-state index is 12.2. The van der Waals surface area contributed by atoms with Crippen molar-refractivity contribution in [3.63, 3.8) is 0 Å². The van der Waals surface area contributed by atoms with E-state index in [4.69, 9.17) is 16.3 Å². The normalized spacial score (nSPS) is 20.4. The monoisotopic (exact) mass is 304 g/mol. The van der Waals surface area contributed by atoms with E-state index >= 15 is 0 Å². The lowest BCUT2D eigenvalue weighted by molar-refractivity contribution is 0.0784. The molecule has 1 aromatic rings. The van der Waals surface area contributed by atoms with Gasteiger partial charge in [0, 0.05) is 24.2 Å². The smallest absolute Gasteiger partial charge is 0.240 e. The average molecular weight is 305 g/mol. The molecule has 0 amide bonds. The molecule has 1 atom stereocenters. The van der Waals surface area contributed by atoms with Gasteiger partial charge in [-0.3, -0.25) is 0 Å². The van der Waals surface area contributed by atoms with E-state index in [9.17, 15) is 8.42 Å². The first-order valence-electron chi connectivity index (χ1n) is 6.06. The predicted molar refractivity (Wildman–Crippen MR) is 74.0 cm³/mol. The van der Waals surface area contributed by atoms with E-state index in [-0.39, 0.29) is 10.9 Å². The Labute approximate surface area is 118 Å². The van der Waals surface area contributed by atoms with Crippen LogP contribution in [-0.2, 0) is 14.8 Å². The van der Waals surface area contributed by atoms with Crippen LogP contribution in [0.5, 0.6) is 0 Å². The maximum atomic E-state index is 12.2. The van der Waals surface area contributed by atoms with E-state index in [1.807, 2.05) is 0 Å². The van der Waals surface area contributed by atoms with Crippen LogP contribution in [0.2, 0.25) is 5.02 Å². The number of aryl methyl sites for hydroxylation is 1. The Hall–Kier alpha value is -0.660. The maximum Gasteiger partial charge on any atom is 0.240 e. The molecule has 7 heteroatoms. The number of hydrogen-bond donors (Lipinski definition) is 2. The number of rotatable bonds is 4. The van der Waals surface area contributed by atoms with Crippen LogP contribution in [0.15, 0.2) is 23.1 Å². The van der Waals surface area contributed by atoms with Crippen LogP contribution in [0.1, 0.15) is 5.56 Å². The molecule has 1 aliphatic heterocycles. The molecule has 1 heterocycles. The highest BCUT2D eigenvalue weighted by atomic mass is 35.5. The molecular formula is C12H17ClN2O3S. The van der Waals surface area contributed by atoms with E-state index in [0.717, 1.165) is 6.54 Å². The SMILES string of the molecule is Cc1ccc(Cl)cc1S(=O)(=O)NCC1COCCN1. The molecule has 1 fully saturated rings. The zero-order chi connectivity index (χ0) is 13.9. The summed E-state index contributed by atoms with van der Waals surface area (Å²) in [5.41, 5.74) is 0.671. The van der Waals surface area contributed by atoms with E-state index < -0.39 is 10.0 Å². The Kier molecular flexibility index (Phi) is 4.81.